The van der Waals surface area contributed by atoms with Gasteiger partial charge in [0.05, 0.1) is 13.2 Å². The van der Waals surface area contributed by atoms with Crippen LogP contribution in [-0.2, 0) is 24.6 Å². The average Bonchev–Trinajstić information content (AvgIpc) is 2.55. The molecule has 124 valence electrons. The van der Waals surface area contributed by atoms with E-state index in [2.05, 4.69) is 18.2 Å². The second-order valence-corrected chi connectivity index (χ2v) is 6.87. The Morgan fingerprint density at radius 2 is 1.91 bits per heavy atom. The summed E-state index contributed by atoms with van der Waals surface area (Å²) >= 11 is 0. The summed E-state index contributed by atoms with van der Waals surface area (Å²) < 4.78 is 18.5. The molecule has 1 spiro atoms. The Kier molecular flexibility index (Phi) is 3.69. The topological polar surface area (TPSA) is 44.8 Å². The van der Waals surface area contributed by atoms with Gasteiger partial charge in [0.15, 0.2) is 5.60 Å². The Morgan fingerprint density at radius 1 is 1.13 bits per heavy atom. The number of hydrogen-bond donors (Lipinski definition) is 0. The van der Waals surface area contributed by atoms with Crippen LogP contribution < -0.4 is 0 Å². The van der Waals surface area contributed by atoms with Gasteiger partial charge in [0.2, 0.25) is 5.79 Å². The summed E-state index contributed by atoms with van der Waals surface area (Å²) in [6, 6.07) is 8.29. The van der Waals surface area contributed by atoms with Crippen LogP contribution in [0.1, 0.15) is 62.5 Å². The van der Waals surface area contributed by atoms with Crippen LogP contribution in [0.3, 0.4) is 0 Å². The van der Waals surface area contributed by atoms with Crippen LogP contribution in [-0.4, -0.2) is 25.0 Å². The molecule has 0 N–H and O–H groups in total. The third kappa shape index (κ3) is 2.08. The standard InChI is InChI=1S/C19H24O4/c1-14(20)23-19-16(15-8-4-5-10-17(15)19)9-3-2-6-11-18(19)21-12-7-13-22-18/h4-5,8,10,16H,2-3,6-7,9,11-13H2,1H3/t16-,19-/m1/s1. The first-order valence-corrected chi connectivity index (χ1v) is 8.76. The Bertz CT molecular complexity index is 605. The molecule has 0 radical (unpaired) electrons. The number of esters is 1. The number of fused-ring (bicyclic) bond motifs is 5. The van der Waals surface area contributed by atoms with Gasteiger partial charge in [0.1, 0.15) is 0 Å². The Labute approximate surface area is 137 Å². The molecule has 4 nitrogen and oxygen atoms in total. The first-order chi connectivity index (χ1) is 11.2. The third-order valence-electron chi connectivity index (χ3n) is 5.56. The molecule has 1 aromatic carbocycles. The zero-order chi connectivity index (χ0) is 15.9. The van der Waals surface area contributed by atoms with Gasteiger partial charge in [-0.3, -0.25) is 4.79 Å². The second-order valence-electron chi connectivity index (χ2n) is 6.87. The maximum absolute atomic E-state index is 12.0. The van der Waals surface area contributed by atoms with Crippen LogP contribution in [0.2, 0.25) is 0 Å². The van der Waals surface area contributed by atoms with E-state index in [9.17, 15) is 4.79 Å². The summed E-state index contributed by atoms with van der Waals surface area (Å²) in [6.07, 6.45) is 6.05. The van der Waals surface area contributed by atoms with Crippen LogP contribution >= 0.6 is 0 Å². The van der Waals surface area contributed by atoms with Crippen molar-refractivity contribution in [3.05, 3.63) is 35.4 Å². The highest BCUT2D eigenvalue weighted by atomic mass is 16.7. The van der Waals surface area contributed by atoms with E-state index in [4.69, 9.17) is 14.2 Å². The van der Waals surface area contributed by atoms with Gasteiger partial charge in [-0.05, 0) is 24.8 Å². The molecule has 1 heterocycles. The average molecular weight is 316 g/mol. The zero-order valence-corrected chi connectivity index (χ0v) is 13.7. The Morgan fingerprint density at radius 3 is 2.70 bits per heavy atom. The van der Waals surface area contributed by atoms with Crippen molar-refractivity contribution in [1.82, 2.24) is 0 Å². The molecule has 1 aromatic rings. The highest BCUT2D eigenvalue weighted by Crippen LogP contribution is 2.63. The molecule has 1 saturated carbocycles. The van der Waals surface area contributed by atoms with Gasteiger partial charge in [0, 0.05) is 24.8 Å². The summed E-state index contributed by atoms with van der Waals surface area (Å²) in [4.78, 5) is 12.0. The van der Waals surface area contributed by atoms with E-state index < -0.39 is 11.4 Å². The molecule has 2 fully saturated rings. The van der Waals surface area contributed by atoms with Gasteiger partial charge in [0.25, 0.3) is 0 Å². The van der Waals surface area contributed by atoms with Crippen LogP contribution in [0.15, 0.2) is 24.3 Å². The minimum absolute atomic E-state index is 0.168. The van der Waals surface area contributed by atoms with Crippen molar-refractivity contribution in [1.29, 1.82) is 0 Å². The van der Waals surface area contributed by atoms with Crippen molar-refractivity contribution in [3.63, 3.8) is 0 Å². The predicted octanol–water partition coefficient (Wildman–Crippen LogP) is 3.64. The van der Waals surface area contributed by atoms with Crippen molar-refractivity contribution in [2.75, 3.05) is 13.2 Å². The summed E-state index contributed by atoms with van der Waals surface area (Å²) in [7, 11) is 0. The smallest absolute Gasteiger partial charge is 0.303 e. The lowest BCUT2D eigenvalue weighted by atomic mass is 9.56. The van der Waals surface area contributed by atoms with Gasteiger partial charge in [-0.2, -0.15) is 0 Å². The lowest BCUT2D eigenvalue weighted by molar-refractivity contribution is -0.366. The van der Waals surface area contributed by atoms with Gasteiger partial charge < -0.3 is 14.2 Å². The second kappa shape index (κ2) is 5.60. The largest absolute Gasteiger partial charge is 0.448 e. The Hall–Kier alpha value is -1.39. The number of carbonyl (C=O) groups excluding carboxylic acids is 1. The molecule has 0 unspecified atom stereocenters. The fourth-order valence-electron chi connectivity index (χ4n) is 4.73. The van der Waals surface area contributed by atoms with Crippen molar-refractivity contribution in [2.45, 2.75) is 62.8 Å². The van der Waals surface area contributed by atoms with Crippen LogP contribution in [0.25, 0.3) is 0 Å². The highest BCUT2D eigenvalue weighted by Gasteiger charge is 2.68. The highest BCUT2D eigenvalue weighted by molar-refractivity contribution is 5.69. The normalized spacial score (nSPS) is 32.0. The number of benzene rings is 1. The van der Waals surface area contributed by atoms with Crippen molar-refractivity contribution in [3.8, 4) is 0 Å². The predicted molar refractivity (Wildman–Crippen MR) is 85.0 cm³/mol. The summed E-state index contributed by atoms with van der Waals surface area (Å²) in [5, 5.41) is 0. The molecule has 2 atom stereocenters. The number of carbonyl (C=O) groups is 1. The Balaban J connectivity index is 1.88. The van der Waals surface area contributed by atoms with Crippen molar-refractivity contribution >= 4 is 5.97 Å². The molecule has 23 heavy (non-hydrogen) atoms. The number of rotatable bonds is 1. The molecule has 0 amide bonds. The van der Waals surface area contributed by atoms with Gasteiger partial charge in [-0.25, -0.2) is 0 Å². The molecule has 3 aliphatic rings. The number of ether oxygens (including phenoxy) is 3. The van der Waals surface area contributed by atoms with Gasteiger partial charge in [-0.15, -0.1) is 0 Å². The fraction of sp³-hybridized carbons (Fsp3) is 0.632. The molecule has 2 aliphatic carbocycles. The first-order valence-electron chi connectivity index (χ1n) is 8.76. The molecule has 0 aromatic heterocycles. The van der Waals surface area contributed by atoms with E-state index in [1.165, 1.54) is 18.9 Å². The monoisotopic (exact) mass is 316 g/mol. The zero-order valence-electron chi connectivity index (χ0n) is 13.7. The van der Waals surface area contributed by atoms with E-state index in [1.807, 2.05) is 6.07 Å². The molecule has 0 bridgehead atoms. The maximum atomic E-state index is 12.0. The SMILES string of the molecule is CC(=O)O[C@@]12c3ccccc3[C@H]1CCCCCC21OCCCO1. The van der Waals surface area contributed by atoms with Crippen LogP contribution in [0.5, 0.6) is 0 Å². The molecule has 4 heteroatoms. The van der Waals surface area contributed by atoms with Crippen molar-refractivity contribution < 1.29 is 19.0 Å². The molecular formula is C19H24O4. The van der Waals surface area contributed by atoms with Crippen LogP contribution in [0, 0.1) is 0 Å². The van der Waals surface area contributed by atoms with Gasteiger partial charge >= 0.3 is 5.97 Å². The lowest BCUT2D eigenvalue weighted by Crippen LogP contribution is -2.66. The quantitative estimate of drug-likeness (QED) is 0.742. The minimum atomic E-state index is -0.823. The lowest BCUT2D eigenvalue weighted by Gasteiger charge is -2.60. The maximum Gasteiger partial charge on any atom is 0.303 e. The molecule has 1 saturated heterocycles. The number of hydrogen-bond acceptors (Lipinski definition) is 4. The van der Waals surface area contributed by atoms with E-state index in [1.54, 1.807) is 0 Å². The fourth-order valence-corrected chi connectivity index (χ4v) is 4.73. The third-order valence-corrected chi connectivity index (χ3v) is 5.56. The summed E-state index contributed by atoms with van der Waals surface area (Å²) in [6.45, 7) is 2.82. The van der Waals surface area contributed by atoms with Crippen LogP contribution in [0.4, 0.5) is 0 Å². The van der Waals surface area contributed by atoms with E-state index >= 15 is 0 Å². The van der Waals surface area contributed by atoms with Gasteiger partial charge in [-0.1, -0.05) is 37.1 Å². The molecular weight excluding hydrogens is 292 g/mol. The van der Waals surface area contributed by atoms with E-state index in [0.29, 0.717) is 13.2 Å². The van der Waals surface area contributed by atoms with E-state index in [-0.39, 0.29) is 11.9 Å². The van der Waals surface area contributed by atoms with Crippen molar-refractivity contribution in [2.24, 2.45) is 0 Å². The summed E-state index contributed by atoms with van der Waals surface area (Å²) in [5.41, 5.74) is 1.58. The van der Waals surface area contributed by atoms with E-state index in [0.717, 1.165) is 37.7 Å². The molecule has 4 rings (SSSR count). The molecule has 1 aliphatic heterocycles. The first kappa shape index (κ1) is 15.2. The summed E-state index contributed by atoms with van der Waals surface area (Å²) in [5.74, 6) is -0.917. The minimum Gasteiger partial charge on any atom is -0.448 e.